The van der Waals surface area contributed by atoms with Gasteiger partial charge in [0.2, 0.25) is 5.91 Å². The van der Waals surface area contributed by atoms with Gasteiger partial charge in [-0.3, -0.25) is 9.89 Å². The predicted molar refractivity (Wildman–Crippen MR) is 86.6 cm³/mol. The molecule has 0 saturated heterocycles. The molecule has 0 radical (unpaired) electrons. The topological polar surface area (TPSA) is 96.7 Å². The minimum absolute atomic E-state index is 0.00129. The molecule has 0 aromatic carbocycles. The maximum absolute atomic E-state index is 11.2. The number of hydrogen-bond acceptors (Lipinski definition) is 4. The Balaban J connectivity index is 1.91. The van der Waals surface area contributed by atoms with Gasteiger partial charge in [0.15, 0.2) is 0 Å². The Bertz CT molecular complexity index is 660. The van der Waals surface area contributed by atoms with Gasteiger partial charge in [-0.25, -0.2) is 4.98 Å². The van der Waals surface area contributed by atoms with Crippen LogP contribution in [-0.4, -0.2) is 27.1 Å². The number of anilines is 1. The first-order valence-electron chi connectivity index (χ1n) is 8.03. The van der Waals surface area contributed by atoms with Gasteiger partial charge in [-0.2, -0.15) is 5.10 Å². The van der Waals surface area contributed by atoms with E-state index in [1.165, 1.54) is 32.1 Å². The SMILES string of the molecule is CC(CC(N)=O)c1[nH]nc2ccnc(NC3CCCCC3)c12. The molecule has 1 aliphatic rings. The second-order valence-electron chi connectivity index (χ2n) is 6.24. The summed E-state index contributed by atoms with van der Waals surface area (Å²) >= 11 is 0. The normalized spacial score (nSPS) is 17.5. The molecule has 0 bridgehead atoms. The first kappa shape index (κ1) is 14.8. The number of primary amides is 1. The molecule has 1 atom stereocenters. The van der Waals surface area contributed by atoms with E-state index >= 15 is 0 Å². The van der Waals surface area contributed by atoms with Crippen molar-refractivity contribution in [3.05, 3.63) is 18.0 Å². The number of fused-ring (bicyclic) bond motifs is 1. The second-order valence-corrected chi connectivity index (χ2v) is 6.24. The van der Waals surface area contributed by atoms with Crippen molar-refractivity contribution in [1.82, 2.24) is 15.2 Å². The van der Waals surface area contributed by atoms with Crippen molar-refractivity contribution in [2.45, 2.75) is 57.4 Å². The van der Waals surface area contributed by atoms with Crippen LogP contribution in [0, 0.1) is 0 Å². The van der Waals surface area contributed by atoms with Gasteiger partial charge in [-0.1, -0.05) is 26.2 Å². The van der Waals surface area contributed by atoms with Gasteiger partial charge in [0.25, 0.3) is 0 Å². The van der Waals surface area contributed by atoms with Crippen LogP contribution in [0.4, 0.5) is 5.82 Å². The Labute approximate surface area is 129 Å². The number of H-pyrrole nitrogens is 1. The standard InChI is InChI=1S/C16H23N5O/c1-10(9-13(17)22)15-14-12(20-21-15)7-8-18-16(14)19-11-5-3-2-4-6-11/h7-8,10-11H,2-6,9H2,1H3,(H2,17,22)(H,18,19)(H,20,21). The molecular weight excluding hydrogens is 278 g/mol. The molecule has 2 aromatic rings. The third-order valence-corrected chi connectivity index (χ3v) is 4.44. The Morgan fingerprint density at radius 3 is 2.95 bits per heavy atom. The summed E-state index contributed by atoms with van der Waals surface area (Å²) < 4.78 is 0. The van der Waals surface area contributed by atoms with Gasteiger partial charge in [-0.05, 0) is 18.9 Å². The number of pyridine rings is 1. The van der Waals surface area contributed by atoms with Gasteiger partial charge in [0.05, 0.1) is 16.6 Å². The lowest BCUT2D eigenvalue weighted by Crippen LogP contribution is -2.23. The molecule has 4 N–H and O–H groups in total. The molecule has 6 nitrogen and oxygen atoms in total. The molecule has 1 saturated carbocycles. The molecule has 2 aromatic heterocycles. The first-order chi connectivity index (χ1) is 10.6. The van der Waals surface area contributed by atoms with Crippen LogP contribution in [0.15, 0.2) is 12.3 Å². The van der Waals surface area contributed by atoms with E-state index in [1.54, 1.807) is 6.20 Å². The monoisotopic (exact) mass is 301 g/mol. The van der Waals surface area contributed by atoms with Crippen LogP contribution in [0.3, 0.4) is 0 Å². The van der Waals surface area contributed by atoms with Crippen LogP contribution >= 0.6 is 0 Å². The Morgan fingerprint density at radius 2 is 2.23 bits per heavy atom. The zero-order valence-electron chi connectivity index (χ0n) is 12.9. The van der Waals surface area contributed by atoms with E-state index in [2.05, 4.69) is 20.5 Å². The maximum Gasteiger partial charge on any atom is 0.218 e. The van der Waals surface area contributed by atoms with Crippen molar-refractivity contribution < 1.29 is 4.79 Å². The van der Waals surface area contributed by atoms with E-state index < -0.39 is 0 Å². The van der Waals surface area contributed by atoms with E-state index in [1.807, 2.05) is 13.0 Å². The number of nitrogens with two attached hydrogens (primary N) is 1. The minimum Gasteiger partial charge on any atom is -0.370 e. The summed E-state index contributed by atoms with van der Waals surface area (Å²) in [7, 11) is 0. The Morgan fingerprint density at radius 1 is 1.45 bits per heavy atom. The summed E-state index contributed by atoms with van der Waals surface area (Å²) in [6, 6.07) is 2.36. The summed E-state index contributed by atoms with van der Waals surface area (Å²) in [5, 5.41) is 12.0. The maximum atomic E-state index is 11.2. The van der Waals surface area contributed by atoms with Gasteiger partial charge in [0.1, 0.15) is 5.82 Å². The lowest BCUT2D eigenvalue weighted by atomic mass is 9.95. The first-order valence-corrected chi connectivity index (χ1v) is 8.03. The minimum atomic E-state index is -0.305. The summed E-state index contributed by atoms with van der Waals surface area (Å²) in [5.74, 6) is 0.559. The zero-order chi connectivity index (χ0) is 15.5. The van der Waals surface area contributed by atoms with Crippen LogP contribution in [-0.2, 0) is 4.79 Å². The molecule has 1 fully saturated rings. The van der Waals surface area contributed by atoms with Crippen molar-refractivity contribution in [3.63, 3.8) is 0 Å². The van der Waals surface area contributed by atoms with Gasteiger partial charge < -0.3 is 11.1 Å². The van der Waals surface area contributed by atoms with Crippen LogP contribution in [0.2, 0.25) is 0 Å². The molecule has 2 heterocycles. The number of aromatic amines is 1. The highest BCUT2D eigenvalue weighted by molar-refractivity contribution is 5.92. The molecule has 0 spiro atoms. The van der Waals surface area contributed by atoms with Gasteiger partial charge in [-0.15, -0.1) is 0 Å². The number of nitrogens with zero attached hydrogens (tertiary/aromatic N) is 2. The summed E-state index contributed by atoms with van der Waals surface area (Å²) in [6.45, 7) is 1.98. The summed E-state index contributed by atoms with van der Waals surface area (Å²) in [5.41, 5.74) is 7.13. The molecule has 1 aliphatic carbocycles. The van der Waals surface area contributed by atoms with E-state index in [4.69, 9.17) is 5.73 Å². The predicted octanol–water partition coefficient (Wildman–Crippen LogP) is 2.68. The average molecular weight is 301 g/mol. The highest BCUT2D eigenvalue weighted by Gasteiger charge is 2.20. The lowest BCUT2D eigenvalue weighted by molar-refractivity contribution is -0.118. The fourth-order valence-electron chi connectivity index (χ4n) is 3.30. The van der Waals surface area contributed by atoms with Crippen molar-refractivity contribution in [2.24, 2.45) is 5.73 Å². The highest BCUT2D eigenvalue weighted by Crippen LogP contribution is 2.31. The average Bonchev–Trinajstić information content (AvgIpc) is 2.93. The zero-order valence-corrected chi connectivity index (χ0v) is 12.9. The number of hydrogen-bond donors (Lipinski definition) is 3. The van der Waals surface area contributed by atoms with Gasteiger partial charge in [0, 0.05) is 24.6 Å². The van der Waals surface area contributed by atoms with Gasteiger partial charge >= 0.3 is 0 Å². The summed E-state index contributed by atoms with van der Waals surface area (Å²) in [4.78, 5) is 15.7. The number of aromatic nitrogens is 3. The Kier molecular flexibility index (Phi) is 4.27. The van der Waals surface area contributed by atoms with E-state index in [0.29, 0.717) is 12.5 Å². The molecule has 1 amide bonds. The van der Waals surface area contributed by atoms with E-state index in [0.717, 1.165) is 22.4 Å². The number of nitrogens with one attached hydrogen (secondary N) is 2. The van der Waals surface area contributed by atoms with Crippen molar-refractivity contribution in [2.75, 3.05) is 5.32 Å². The van der Waals surface area contributed by atoms with Crippen molar-refractivity contribution in [3.8, 4) is 0 Å². The molecular formula is C16H23N5O. The fraction of sp³-hybridized carbons (Fsp3) is 0.562. The molecule has 22 heavy (non-hydrogen) atoms. The molecule has 1 unspecified atom stereocenters. The number of amides is 1. The highest BCUT2D eigenvalue weighted by atomic mass is 16.1. The van der Waals surface area contributed by atoms with E-state index in [9.17, 15) is 4.79 Å². The quantitative estimate of drug-likeness (QED) is 0.791. The molecule has 118 valence electrons. The fourth-order valence-corrected chi connectivity index (χ4v) is 3.30. The number of carbonyl (C=O) groups excluding carboxylic acids is 1. The Hall–Kier alpha value is -2.11. The van der Waals surface area contributed by atoms with Crippen molar-refractivity contribution in [1.29, 1.82) is 0 Å². The van der Waals surface area contributed by atoms with E-state index in [-0.39, 0.29) is 11.8 Å². The van der Waals surface area contributed by atoms with Crippen molar-refractivity contribution >= 4 is 22.6 Å². The smallest absolute Gasteiger partial charge is 0.218 e. The largest absolute Gasteiger partial charge is 0.370 e. The molecule has 0 aliphatic heterocycles. The second kappa shape index (κ2) is 6.34. The third kappa shape index (κ3) is 3.05. The van der Waals surface area contributed by atoms with Crippen LogP contribution in [0.5, 0.6) is 0 Å². The number of rotatable bonds is 5. The lowest BCUT2D eigenvalue weighted by Gasteiger charge is -2.23. The molecule has 3 rings (SSSR count). The van der Waals surface area contributed by atoms with Crippen LogP contribution < -0.4 is 11.1 Å². The number of carbonyl (C=O) groups is 1. The summed E-state index contributed by atoms with van der Waals surface area (Å²) in [6.07, 6.45) is 8.30. The van der Waals surface area contributed by atoms with Crippen LogP contribution in [0.1, 0.15) is 57.1 Å². The molecule has 6 heteroatoms. The van der Waals surface area contributed by atoms with Crippen LogP contribution in [0.25, 0.3) is 10.9 Å². The third-order valence-electron chi connectivity index (χ3n) is 4.44.